The third-order valence-electron chi connectivity index (χ3n) is 4.15. The molecule has 0 atom stereocenters. The third-order valence-corrected chi connectivity index (χ3v) is 5.17. The van der Waals surface area contributed by atoms with Gasteiger partial charge >= 0.3 is 0 Å². The van der Waals surface area contributed by atoms with Crippen LogP contribution in [0.3, 0.4) is 0 Å². The molecule has 0 bridgehead atoms. The standard InChI is InChI=1S/C19H19N5O3S/c1-12-5-4-6-14(9-12)18-21-22-19(23(18)3)28-11-17(25)20-16-10-15(24(26)27)8-7-13(16)2/h4-10H,11H2,1-3H3,(H,20,25). The number of rotatable bonds is 6. The van der Waals surface area contributed by atoms with Gasteiger partial charge in [0.25, 0.3) is 5.69 Å². The number of hydrogen-bond donors (Lipinski definition) is 1. The van der Waals surface area contributed by atoms with Gasteiger partial charge in [0.05, 0.1) is 16.4 Å². The number of nitro groups is 1. The van der Waals surface area contributed by atoms with Crippen LogP contribution in [0.15, 0.2) is 47.6 Å². The van der Waals surface area contributed by atoms with Crippen LogP contribution in [0, 0.1) is 24.0 Å². The molecule has 0 aliphatic rings. The number of nitrogens with zero attached hydrogens (tertiary/aromatic N) is 4. The van der Waals surface area contributed by atoms with Gasteiger partial charge in [0.15, 0.2) is 11.0 Å². The van der Waals surface area contributed by atoms with E-state index in [1.54, 1.807) is 13.0 Å². The Morgan fingerprint density at radius 3 is 2.71 bits per heavy atom. The lowest BCUT2D eigenvalue weighted by atomic mass is 10.1. The van der Waals surface area contributed by atoms with Crippen molar-refractivity contribution in [2.75, 3.05) is 11.1 Å². The molecular formula is C19H19N5O3S. The largest absolute Gasteiger partial charge is 0.325 e. The number of aromatic nitrogens is 3. The Morgan fingerprint density at radius 2 is 2.00 bits per heavy atom. The minimum absolute atomic E-state index is 0.0651. The number of thioether (sulfide) groups is 1. The van der Waals surface area contributed by atoms with Gasteiger partial charge in [-0.2, -0.15) is 0 Å². The zero-order chi connectivity index (χ0) is 20.3. The van der Waals surface area contributed by atoms with E-state index < -0.39 is 4.92 Å². The Hall–Kier alpha value is -3.20. The van der Waals surface area contributed by atoms with Crippen LogP contribution in [-0.4, -0.2) is 31.3 Å². The fourth-order valence-corrected chi connectivity index (χ4v) is 3.36. The molecule has 1 amide bonds. The van der Waals surface area contributed by atoms with E-state index in [4.69, 9.17) is 0 Å². The topological polar surface area (TPSA) is 103 Å². The van der Waals surface area contributed by atoms with Crippen LogP contribution in [0.2, 0.25) is 0 Å². The molecule has 1 N–H and O–H groups in total. The van der Waals surface area contributed by atoms with E-state index in [1.165, 1.54) is 23.9 Å². The summed E-state index contributed by atoms with van der Waals surface area (Å²) in [7, 11) is 1.85. The maximum absolute atomic E-state index is 12.3. The number of nitrogens with one attached hydrogen (secondary N) is 1. The van der Waals surface area contributed by atoms with Crippen molar-refractivity contribution in [3.05, 3.63) is 63.7 Å². The van der Waals surface area contributed by atoms with Crippen LogP contribution in [0.5, 0.6) is 0 Å². The summed E-state index contributed by atoms with van der Waals surface area (Å²) < 4.78 is 1.84. The first kappa shape index (κ1) is 19.6. The first-order valence-electron chi connectivity index (χ1n) is 8.49. The van der Waals surface area contributed by atoms with Crippen molar-refractivity contribution in [3.8, 4) is 11.4 Å². The molecule has 0 saturated carbocycles. The zero-order valence-electron chi connectivity index (χ0n) is 15.7. The van der Waals surface area contributed by atoms with E-state index in [0.29, 0.717) is 10.8 Å². The number of aryl methyl sites for hydroxylation is 2. The van der Waals surface area contributed by atoms with E-state index in [-0.39, 0.29) is 17.3 Å². The molecule has 144 valence electrons. The van der Waals surface area contributed by atoms with Gasteiger partial charge in [-0.15, -0.1) is 10.2 Å². The molecule has 8 nitrogen and oxygen atoms in total. The van der Waals surface area contributed by atoms with Gasteiger partial charge in [-0.25, -0.2) is 0 Å². The van der Waals surface area contributed by atoms with Gasteiger partial charge in [0.1, 0.15) is 0 Å². The second kappa shape index (κ2) is 8.22. The Labute approximate surface area is 166 Å². The minimum Gasteiger partial charge on any atom is -0.325 e. The monoisotopic (exact) mass is 397 g/mol. The van der Waals surface area contributed by atoms with Crippen molar-refractivity contribution < 1.29 is 9.72 Å². The van der Waals surface area contributed by atoms with E-state index in [0.717, 1.165) is 22.5 Å². The molecule has 0 aliphatic carbocycles. The fraction of sp³-hybridized carbons (Fsp3) is 0.211. The summed E-state index contributed by atoms with van der Waals surface area (Å²) in [5, 5.41) is 22.6. The highest BCUT2D eigenvalue weighted by Gasteiger charge is 2.15. The van der Waals surface area contributed by atoms with Gasteiger partial charge in [-0.05, 0) is 25.5 Å². The maximum Gasteiger partial charge on any atom is 0.271 e. The molecule has 0 aliphatic heterocycles. The highest BCUT2D eigenvalue weighted by Crippen LogP contribution is 2.25. The molecule has 0 spiro atoms. The lowest BCUT2D eigenvalue weighted by Gasteiger charge is -2.08. The van der Waals surface area contributed by atoms with Crippen LogP contribution in [0.25, 0.3) is 11.4 Å². The molecule has 0 radical (unpaired) electrons. The maximum atomic E-state index is 12.3. The molecule has 0 unspecified atom stereocenters. The Bertz CT molecular complexity index is 1050. The van der Waals surface area contributed by atoms with Gasteiger partial charge in [-0.3, -0.25) is 14.9 Å². The SMILES string of the molecule is Cc1cccc(-c2nnc(SCC(=O)Nc3cc([N+](=O)[O-])ccc3C)n2C)c1. The summed E-state index contributed by atoms with van der Waals surface area (Å²) in [6.07, 6.45) is 0. The van der Waals surface area contributed by atoms with Gasteiger partial charge in [-0.1, -0.05) is 41.6 Å². The second-order valence-corrected chi connectivity index (χ2v) is 7.27. The predicted octanol–water partition coefficient (Wildman–Crippen LogP) is 3.74. The highest BCUT2D eigenvalue weighted by atomic mass is 32.2. The molecule has 0 fully saturated rings. The average molecular weight is 397 g/mol. The Balaban J connectivity index is 1.67. The molecule has 1 aromatic heterocycles. The van der Waals surface area contributed by atoms with Gasteiger partial charge in [0, 0.05) is 24.7 Å². The van der Waals surface area contributed by atoms with Crippen molar-refractivity contribution in [2.24, 2.45) is 7.05 Å². The number of nitro benzene ring substituents is 1. The first-order valence-corrected chi connectivity index (χ1v) is 9.48. The number of amides is 1. The van der Waals surface area contributed by atoms with Crippen LogP contribution in [0.1, 0.15) is 11.1 Å². The van der Waals surface area contributed by atoms with Crippen molar-refractivity contribution in [1.82, 2.24) is 14.8 Å². The number of carbonyl (C=O) groups excluding carboxylic acids is 1. The second-order valence-electron chi connectivity index (χ2n) is 6.33. The predicted molar refractivity (Wildman–Crippen MR) is 108 cm³/mol. The number of anilines is 1. The summed E-state index contributed by atoms with van der Waals surface area (Å²) in [6.45, 7) is 3.79. The number of carbonyl (C=O) groups is 1. The summed E-state index contributed by atoms with van der Waals surface area (Å²) in [4.78, 5) is 22.7. The molecule has 3 aromatic rings. The van der Waals surface area contributed by atoms with Crippen LogP contribution in [0.4, 0.5) is 11.4 Å². The van der Waals surface area contributed by atoms with Gasteiger partial charge < -0.3 is 9.88 Å². The third kappa shape index (κ3) is 4.37. The fourth-order valence-electron chi connectivity index (χ4n) is 2.65. The molecule has 1 heterocycles. The minimum atomic E-state index is -0.490. The van der Waals surface area contributed by atoms with E-state index in [1.807, 2.05) is 42.8 Å². The van der Waals surface area contributed by atoms with E-state index in [9.17, 15) is 14.9 Å². The molecule has 9 heteroatoms. The highest BCUT2D eigenvalue weighted by molar-refractivity contribution is 7.99. The summed E-state index contributed by atoms with van der Waals surface area (Å²) in [5.41, 5.74) is 3.20. The van der Waals surface area contributed by atoms with Gasteiger partial charge in [0.2, 0.25) is 5.91 Å². The van der Waals surface area contributed by atoms with E-state index >= 15 is 0 Å². The Morgan fingerprint density at radius 1 is 1.21 bits per heavy atom. The lowest BCUT2D eigenvalue weighted by molar-refractivity contribution is -0.384. The summed E-state index contributed by atoms with van der Waals surface area (Å²) in [6, 6.07) is 12.3. The quantitative estimate of drug-likeness (QED) is 0.386. The molecule has 3 rings (SSSR count). The number of hydrogen-bond acceptors (Lipinski definition) is 6. The van der Waals surface area contributed by atoms with Crippen molar-refractivity contribution >= 4 is 29.0 Å². The number of benzene rings is 2. The first-order chi connectivity index (χ1) is 13.3. The van der Waals surface area contributed by atoms with Crippen molar-refractivity contribution in [2.45, 2.75) is 19.0 Å². The molecule has 0 saturated heterocycles. The average Bonchev–Trinajstić information content (AvgIpc) is 3.02. The van der Waals surface area contributed by atoms with Crippen LogP contribution in [-0.2, 0) is 11.8 Å². The normalized spacial score (nSPS) is 10.7. The lowest BCUT2D eigenvalue weighted by Crippen LogP contribution is -2.15. The summed E-state index contributed by atoms with van der Waals surface area (Å²) in [5.74, 6) is 0.567. The summed E-state index contributed by atoms with van der Waals surface area (Å²) >= 11 is 1.25. The van der Waals surface area contributed by atoms with Crippen molar-refractivity contribution in [3.63, 3.8) is 0 Å². The van der Waals surface area contributed by atoms with Crippen LogP contribution < -0.4 is 5.32 Å². The zero-order valence-corrected chi connectivity index (χ0v) is 16.5. The van der Waals surface area contributed by atoms with E-state index in [2.05, 4.69) is 15.5 Å². The smallest absolute Gasteiger partial charge is 0.271 e. The Kier molecular flexibility index (Phi) is 5.74. The van der Waals surface area contributed by atoms with Crippen molar-refractivity contribution in [1.29, 1.82) is 0 Å². The molecule has 28 heavy (non-hydrogen) atoms. The molecule has 2 aromatic carbocycles. The van der Waals surface area contributed by atoms with Crippen LogP contribution >= 0.6 is 11.8 Å². The number of non-ortho nitro benzene ring substituents is 1. The molecular weight excluding hydrogens is 378 g/mol.